The summed E-state index contributed by atoms with van der Waals surface area (Å²) >= 11 is 0. The van der Waals surface area contributed by atoms with E-state index < -0.39 is 6.36 Å². The third kappa shape index (κ3) is 3.16. The molecule has 0 amide bonds. The smallest absolute Gasteiger partial charge is 0.406 e. The van der Waals surface area contributed by atoms with E-state index in [1.807, 2.05) is 6.07 Å². The summed E-state index contributed by atoms with van der Waals surface area (Å²) in [5, 5.41) is 0. The monoisotopic (exact) mass is 259 g/mol. The first-order chi connectivity index (χ1) is 8.35. The maximum absolute atomic E-state index is 12.1. The zero-order chi connectivity index (χ0) is 13.3. The fourth-order valence-corrected chi connectivity index (χ4v) is 2.11. The standard InChI is InChI=1S/C13H16F3NO/c1-9(2)17-7-11(8-17)10-4-3-5-12(6-10)18-13(14,15)16/h3-6,9,11H,7-8H2,1-2H3. The van der Waals surface area contributed by atoms with Gasteiger partial charge in [-0.3, -0.25) is 4.90 Å². The zero-order valence-electron chi connectivity index (χ0n) is 10.4. The van der Waals surface area contributed by atoms with Crippen LogP contribution in [0.25, 0.3) is 0 Å². The molecule has 0 unspecified atom stereocenters. The van der Waals surface area contributed by atoms with Crippen molar-refractivity contribution in [2.24, 2.45) is 0 Å². The Morgan fingerprint density at radius 3 is 2.50 bits per heavy atom. The van der Waals surface area contributed by atoms with E-state index in [1.54, 1.807) is 6.07 Å². The van der Waals surface area contributed by atoms with Crippen molar-refractivity contribution >= 4 is 0 Å². The van der Waals surface area contributed by atoms with Crippen molar-refractivity contribution in [1.29, 1.82) is 0 Å². The number of nitrogens with zero attached hydrogens (tertiary/aromatic N) is 1. The molecule has 1 aliphatic rings. The number of rotatable bonds is 3. The average molecular weight is 259 g/mol. The fourth-order valence-electron chi connectivity index (χ4n) is 2.11. The molecule has 1 aromatic carbocycles. The first kappa shape index (κ1) is 13.2. The van der Waals surface area contributed by atoms with Gasteiger partial charge in [0.25, 0.3) is 0 Å². The van der Waals surface area contributed by atoms with Gasteiger partial charge in [0, 0.05) is 25.0 Å². The van der Waals surface area contributed by atoms with E-state index in [0.717, 1.165) is 18.7 Å². The zero-order valence-corrected chi connectivity index (χ0v) is 10.4. The molecule has 0 saturated carbocycles. The number of benzene rings is 1. The van der Waals surface area contributed by atoms with Gasteiger partial charge in [-0.05, 0) is 31.5 Å². The van der Waals surface area contributed by atoms with Gasteiger partial charge in [-0.1, -0.05) is 12.1 Å². The number of alkyl halides is 3. The molecular formula is C13H16F3NO. The van der Waals surface area contributed by atoms with E-state index in [2.05, 4.69) is 23.5 Å². The van der Waals surface area contributed by atoms with Gasteiger partial charge in [-0.15, -0.1) is 13.2 Å². The molecule has 1 fully saturated rings. The first-order valence-electron chi connectivity index (χ1n) is 5.95. The molecule has 2 rings (SSSR count). The minimum absolute atomic E-state index is 0.136. The van der Waals surface area contributed by atoms with Crippen LogP contribution < -0.4 is 4.74 Å². The van der Waals surface area contributed by atoms with E-state index in [1.165, 1.54) is 12.1 Å². The van der Waals surface area contributed by atoms with Gasteiger partial charge in [-0.25, -0.2) is 0 Å². The third-order valence-corrected chi connectivity index (χ3v) is 3.20. The summed E-state index contributed by atoms with van der Waals surface area (Å²) in [4.78, 5) is 2.28. The minimum Gasteiger partial charge on any atom is -0.406 e. The van der Waals surface area contributed by atoms with E-state index in [0.29, 0.717) is 12.0 Å². The van der Waals surface area contributed by atoms with Crippen LogP contribution in [-0.4, -0.2) is 30.4 Å². The SMILES string of the molecule is CC(C)N1CC(c2cccc(OC(F)(F)F)c2)C1. The van der Waals surface area contributed by atoms with Gasteiger partial charge in [-0.2, -0.15) is 0 Å². The molecule has 0 N–H and O–H groups in total. The van der Waals surface area contributed by atoms with Gasteiger partial charge in [0.05, 0.1) is 0 Å². The van der Waals surface area contributed by atoms with Crippen LogP contribution in [0, 0.1) is 0 Å². The lowest BCUT2D eigenvalue weighted by Gasteiger charge is -2.42. The number of hydrogen-bond acceptors (Lipinski definition) is 2. The Balaban J connectivity index is 2.01. The largest absolute Gasteiger partial charge is 0.573 e. The highest BCUT2D eigenvalue weighted by atomic mass is 19.4. The predicted molar refractivity (Wildman–Crippen MR) is 62.6 cm³/mol. The average Bonchev–Trinajstić information content (AvgIpc) is 2.11. The van der Waals surface area contributed by atoms with Crippen LogP contribution in [0.5, 0.6) is 5.75 Å². The van der Waals surface area contributed by atoms with E-state index in [-0.39, 0.29) is 5.75 Å². The number of likely N-dealkylation sites (tertiary alicyclic amines) is 1. The molecule has 100 valence electrons. The summed E-state index contributed by atoms with van der Waals surface area (Å²) in [7, 11) is 0. The quantitative estimate of drug-likeness (QED) is 0.825. The highest BCUT2D eigenvalue weighted by Gasteiger charge is 2.33. The van der Waals surface area contributed by atoms with Gasteiger partial charge >= 0.3 is 6.36 Å². The molecule has 0 aromatic heterocycles. The minimum atomic E-state index is -4.62. The van der Waals surface area contributed by atoms with Crippen molar-refractivity contribution in [2.45, 2.75) is 32.2 Å². The highest BCUT2D eigenvalue weighted by molar-refractivity contribution is 5.32. The van der Waals surface area contributed by atoms with Gasteiger partial charge < -0.3 is 4.74 Å². The summed E-state index contributed by atoms with van der Waals surface area (Å²) in [5.41, 5.74) is 0.911. The molecule has 2 nitrogen and oxygen atoms in total. The lowest BCUT2D eigenvalue weighted by Crippen LogP contribution is -2.48. The van der Waals surface area contributed by atoms with Crippen molar-refractivity contribution < 1.29 is 17.9 Å². The Bertz CT molecular complexity index is 411. The van der Waals surface area contributed by atoms with Crippen LogP contribution in [0.1, 0.15) is 25.3 Å². The summed E-state index contributed by atoms with van der Waals surface area (Å²) < 4.78 is 40.2. The van der Waals surface area contributed by atoms with Crippen LogP contribution in [0.15, 0.2) is 24.3 Å². The van der Waals surface area contributed by atoms with Crippen molar-refractivity contribution in [3.05, 3.63) is 29.8 Å². The molecular weight excluding hydrogens is 243 g/mol. The molecule has 0 bridgehead atoms. The molecule has 1 aliphatic heterocycles. The van der Waals surface area contributed by atoms with Crippen molar-refractivity contribution in [3.63, 3.8) is 0 Å². The number of hydrogen-bond donors (Lipinski definition) is 0. The summed E-state index contributed by atoms with van der Waals surface area (Å²) in [6.45, 7) is 6.01. The van der Waals surface area contributed by atoms with E-state index in [4.69, 9.17) is 0 Å². The summed E-state index contributed by atoms with van der Waals surface area (Å²) in [6.07, 6.45) is -4.62. The van der Waals surface area contributed by atoms with Crippen LogP contribution in [0.4, 0.5) is 13.2 Å². The number of halogens is 3. The predicted octanol–water partition coefficient (Wildman–Crippen LogP) is 3.39. The second kappa shape index (κ2) is 4.80. The topological polar surface area (TPSA) is 12.5 Å². The first-order valence-corrected chi connectivity index (χ1v) is 5.95. The van der Waals surface area contributed by atoms with Crippen molar-refractivity contribution in [3.8, 4) is 5.75 Å². The summed E-state index contributed by atoms with van der Waals surface area (Å²) in [6, 6.07) is 6.75. The number of ether oxygens (including phenoxy) is 1. The van der Waals surface area contributed by atoms with Crippen LogP contribution in [0.3, 0.4) is 0 Å². The molecule has 18 heavy (non-hydrogen) atoms. The molecule has 5 heteroatoms. The second-order valence-electron chi connectivity index (χ2n) is 4.86. The van der Waals surface area contributed by atoms with Crippen LogP contribution >= 0.6 is 0 Å². The van der Waals surface area contributed by atoms with Crippen molar-refractivity contribution in [2.75, 3.05) is 13.1 Å². The molecule has 1 aromatic rings. The molecule has 0 radical (unpaired) electrons. The highest BCUT2D eigenvalue weighted by Crippen LogP contribution is 2.31. The molecule has 0 spiro atoms. The molecule has 0 aliphatic carbocycles. The van der Waals surface area contributed by atoms with E-state index >= 15 is 0 Å². The normalized spacial score (nSPS) is 17.9. The fraction of sp³-hybridized carbons (Fsp3) is 0.538. The third-order valence-electron chi connectivity index (χ3n) is 3.20. The lowest BCUT2D eigenvalue weighted by molar-refractivity contribution is -0.274. The van der Waals surface area contributed by atoms with Gasteiger partial charge in [0.2, 0.25) is 0 Å². The second-order valence-corrected chi connectivity index (χ2v) is 4.86. The van der Waals surface area contributed by atoms with Crippen LogP contribution in [0.2, 0.25) is 0 Å². The molecule has 1 heterocycles. The summed E-state index contributed by atoms with van der Waals surface area (Å²) in [5.74, 6) is 0.173. The Morgan fingerprint density at radius 1 is 1.28 bits per heavy atom. The van der Waals surface area contributed by atoms with Crippen LogP contribution in [-0.2, 0) is 0 Å². The van der Waals surface area contributed by atoms with E-state index in [9.17, 15) is 13.2 Å². The molecule has 1 saturated heterocycles. The Morgan fingerprint density at radius 2 is 1.94 bits per heavy atom. The Kier molecular flexibility index (Phi) is 3.52. The van der Waals surface area contributed by atoms with Gasteiger partial charge in [0.15, 0.2) is 0 Å². The van der Waals surface area contributed by atoms with Gasteiger partial charge in [0.1, 0.15) is 5.75 Å². The molecule has 0 atom stereocenters. The maximum atomic E-state index is 12.1. The Labute approximate surface area is 104 Å². The Hall–Kier alpha value is -1.23. The van der Waals surface area contributed by atoms with Crippen molar-refractivity contribution in [1.82, 2.24) is 4.90 Å². The lowest BCUT2D eigenvalue weighted by atomic mass is 9.90. The maximum Gasteiger partial charge on any atom is 0.573 e.